The van der Waals surface area contributed by atoms with E-state index >= 15 is 0 Å². The molecule has 0 amide bonds. The predicted molar refractivity (Wildman–Crippen MR) is 80.3 cm³/mol. The summed E-state index contributed by atoms with van der Waals surface area (Å²) in [6.45, 7) is 4.43. The van der Waals surface area contributed by atoms with Crippen molar-refractivity contribution in [3.8, 4) is 6.07 Å². The summed E-state index contributed by atoms with van der Waals surface area (Å²) in [5.41, 5.74) is 4.77. The van der Waals surface area contributed by atoms with Gasteiger partial charge in [0.1, 0.15) is 11.8 Å². The lowest BCUT2D eigenvalue weighted by molar-refractivity contribution is 0.0697. The number of nitriles is 1. The fraction of sp³-hybridized carbons (Fsp3) is 0.250. The van der Waals surface area contributed by atoms with Crippen LogP contribution in [0.2, 0.25) is 0 Å². The lowest BCUT2D eigenvalue weighted by atomic mass is 10.1. The molecule has 0 unspecified atom stereocenters. The largest absolute Gasteiger partial charge is 0.478 e. The highest BCUT2D eigenvalue weighted by molar-refractivity contribution is 5.88. The summed E-state index contributed by atoms with van der Waals surface area (Å²) < 4.78 is 1.86. The molecule has 0 aliphatic rings. The van der Waals surface area contributed by atoms with Crippen molar-refractivity contribution < 1.29 is 9.90 Å². The highest BCUT2D eigenvalue weighted by atomic mass is 16.4. The molecule has 0 aliphatic heterocycles. The van der Waals surface area contributed by atoms with Gasteiger partial charge in [-0.3, -0.25) is 0 Å². The minimum atomic E-state index is -0.929. The second-order valence-electron chi connectivity index (χ2n) is 5.00. The lowest BCUT2D eigenvalue weighted by Crippen LogP contribution is -2.04. The maximum atomic E-state index is 10.9. The Kier molecular flexibility index (Phi) is 3.99. The van der Waals surface area contributed by atoms with Crippen LogP contribution in [0.15, 0.2) is 24.3 Å². The Balaban J connectivity index is 2.17. The van der Waals surface area contributed by atoms with E-state index in [1.807, 2.05) is 31.5 Å². The number of aromatic nitrogens is 1. The van der Waals surface area contributed by atoms with Gasteiger partial charge in [0.15, 0.2) is 0 Å². The zero-order valence-electron chi connectivity index (χ0n) is 12.3. The van der Waals surface area contributed by atoms with Crippen LogP contribution in [-0.4, -0.2) is 15.6 Å². The fourth-order valence-electron chi connectivity index (χ4n) is 2.23. The van der Waals surface area contributed by atoms with Crippen LogP contribution in [0.25, 0.3) is 0 Å². The molecule has 108 valence electrons. The fourth-order valence-corrected chi connectivity index (χ4v) is 2.23. The number of benzene rings is 1. The number of carbonyl (C=O) groups is 1. The zero-order chi connectivity index (χ0) is 15.6. The van der Waals surface area contributed by atoms with E-state index in [9.17, 15) is 4.79 Å². The second-order valence-corrected chi connectivity index (χ2v) is 5.00. The van der Waals surface area contributed by atoms with Crippen molar-refractivity contribution >= 4 is 11.7 Å². The molecule has 0 aliphatic carbocycles. The van der Waals surface area contributed by atoms with E-state index in [-0.39, 0.29) is 5.56 Å². The molecule has 2 aromatic rings. The van der Waals surface area contributed by atoms with E-state index in [1.54, 1.807) is 18.2 Å². The van der Waals surface area contributed by atoms with Gasteiger partial charge in [0.25, 0.3) is 0 Å². The number of carboxylic acid groups (broad SMARTS) is 1. The summed E-state index contributed by atoms with van der Waals surface area (Å²) in [6.07, 6.45) is 0. The van der Waals surface area contributed by atoms with Crippen LogP contribution in [0.5, 0.6) is 0 Å². The summed E-state index contributed by atoms with van der Waals surface area (Å²) in [4.78, 5) is 10.9. The molecule has 5 heteroatoms. The molecular formula is C16H17N3O2. The van der Waals surface area contributed by atoms with E-state index in [0.717, 1.165) is 22.5 Å². The first-order valence-corrected chi connectivity index (χ1v) is 6.57. The Labute approximate surface area is 123 Å². The number of nitrogens with zero attached hydrogens (tertiary/aromatic N) is 2. The van der Waals surface area contributed by atoms with Gasteiger partial charge in [-0.05, 0) is 49.2 Å². The molecule has 0 bridgehead atoms. The molecular weight excluding hydrogens is 266 g/mol. The Bertz CT molecular complexity index is 739. The topological polar surface area (TPSA) is 78.1 Å². The van der Waals surface area contributed by atoms with E-state index < -0.39 is 5.97 Å². The van der Waals surface area contributed by atoms with Gasteiger partial charge in [0.2, 0.25) is 0 Å². The van der Waals surface area contributed by atoms with Gasteiger partial charge in [-0.1, -0.05) is 0 Å². The van der Waals surface area contributed by atoms with Crippen molar-refractivity contribution in [2.75, 3.05) is 5.32 Å². The second kappa shape index (κ2) is 5.71. The van der Waals surface area contributed by atoms with Crippen molar-refractivity contribution in [2.24, 2.45) is 7.05 Å². The Morgan fingerprint density at radius 3 is 2.62 bits per heavy atom. The van der Waals surface area contributed by atoms with Crippen molar-refractivity contribution in [2.45, 2.75) is 20.4 Å². The van der Waals surface area contributed by atoms with Crippen molar-refractivity contribution in [1.82, 2.24) is 4.57 Å². The first-order chi connectivity index (χ1) is 9.93. The smallest absolute Gasteiger partial charge is 0.335 e. The van der Waals surface area contributed by atoms with Gasteiger partial charge in [0, 0.05) is 25.0 Å². The molecule has 2 rings (SSSR count). The van der Waals surface area contributed by atoms with Crippen LogP contribution in [0.3, 0.4) is 0 Å². The number of aromatic carboxylic acids is 1. The SMILES string of the molecule is Cc1cc(C(=O)O)ccc1NCc1cc(C#N)n(C)c1C. The standard InChI is InChI=1S/C16H17N3O2/c1-10-6-12(16(20)21)4-5-15(10)18-9-13-7-14(8-17)19(3)11(13)2/h4-7,18H,9H2,1-3H3,(H,20,21). The molecule has 0 atom stereocenters. The Morgan fingerprint density at radius 1 is 1.38 bits per heavy atom. The molecule has 0 fully saturated rings. The summed E-state index contributed by atoms with van der Waals surface area (Å²) >= 11 is 0. The summed E-state index contributed by atoms with van der Waals surface area (Å²) in [5.74, 6) is -0.929. The summed E-state index contributed by atoms with van der Waals surface area (Å²) in [7, 11) is 1.87. The van der Waals surface area contributed by atoms with Gasteiger partial charge in [-0.25, -0.2) is 4.79 Å². The average molecular weight is 283 g/mol. The quantitative estimate of drug-likeness (QED) is 0.904. The zero-order valence-corrected chi connectivity index (χ0v) is 12.3. The van der Waals surface area contributed by atoms with Gasteiger partial charge in [0.05, 0.1) is 5.56 Å². The van der Waals surface area contributed by atoms with Crippen molar-refractivity contribution in [1.29, 1.82) is 5.26 Å². The Hall–Kier alpha value is -2.74. The average Bonchev–Trinajstić information content (AvgIpc) is 2.73. The number of nitrogens with one attached hydrogen (secondary N) is 1. The normalized spacial score (nSPS) is 10.2. The van der Waals surface area contributed by atoms with Gasteiger partial charge < -0.3 is 15.0 Å². The molecule has 1 aromatic heterocycles. The maximum absolute atomic E-state index is 10.9. The lowest BCUT2D eigenvalue weighted by Gasteiger charge is -2.10. The van der Waals surface area contributed by atoms with E-state index in [2.05, 4.69) is 11.4 Å². The van der Waals surface area contributed by atoms with Crippen molar-refractivity contribution in [3.63, 3.8) is 0 Å². The molecule has 1 heterocycles. The minimum absolute atomic E-state index is 0.278. The minimum Gasteiger partial charge on any atom is -0.478 e. The molecule has 21 heavy (non-hydrogen) atoms. The predicted octanol–water partition coefficient (Wildman–Crippen LogP) is 2.82. The molecule has 1 aromatic carbocycles. The number of aryl methyl sites for hydroxylation is 1. The van der Waals surface area contributed by atoms with E-state index in [4.69, 9.17) is 10.4 Å². The Morgan fingerprint density at radius 2 is 2.10 bits per heavy atom. The third kappa shape index (κ3) is 2.90. The number of hydrogen-bond acceptors (Lipinski definition) is 3. The third-order valence-electron chi connectivity index (χ3n) is 3.70. The monoisotopic (exact) mass is 283 g/mol. The first-order valence-electron chi connectivity index (χ1n) is 6.57. The van der Waals surface area contributed by atoms with E-state index in [0.29, 0.717) is 12.2 Å². The van der Waals surface area contributed by atoms with Crippen LogP contribution in [-0.2, 0) is 13.6 Å². The van der Waals surface area contributed by atoms with Gasteiger partial charge in [-0.2, -0.15) is 5.26 Å². The highest BCUT2D eigenvalue weighted by Gasteiger charge is 2.09. The molecule has 0 radical (unpaired) electrons. The maximum Gasteiger partial charge on any atom is 0.335 e. The molecule has 5 nitrogen and oxygen atoms in total. The molecule has 2 N–H and O–H groups in total. The van der Waals surface area contributed by atoms with Crippen LogP contribution in [0, 0.1) is 25.2 Å². The number of carboxylic acids is 1. The van der Waals surface area contributed by atoms with Crippen LogP contribution in [0.4, 0.5) is 5.69 Å². The molecule has 0 spiro atoms. The van der Waals surface area contributed by atoms with Crippen LogP contribution < -0.4 is 5.32 Å². The van der Waals surface area contributed by atoms with Gasteiger partial charge >= 0.3 is 5.97 Å². The van der Waals surface area contributed by atoms with Crippen LogP contribution in [0.1, 0.15) is 32.9 Å². The van der Waals surface area contributed by atoms with E-state index in [1.165, 1.54) is 0 Å². The molecule has 0 saturated heterocycles. The van der Waals surface area contributed by atoms with Gasteiger partial charge in [-0.15, -0.1) is 0 Å². The number of anilines is 1. The highest BCUT2D eigenvalue weighted by Crippen LogP contribution is 2.19. The van der Waals surface area contributed by atoms with Crippen molar-refractivity contribution in [3.05, 3.63) is 52.3 Å². The number of rotatable bonds is 4. The molecule has 0 saturated carbocycles. The summed E-state index contributed by atoms with van der Waals surface area (Å²) in [6, 6.07) is 9.01. The first kappa shape index (κ1) is 14.7. The summed E-state index contributed by atoms with van der Waals surface area (Å²) in [5, 5.41) is 21.3. The third-order valence-corrected chi connectivity index (χ3v) is 3.70. The number of hydrogen-bond donors (Lipinski definition) is 2. The van der Waals surface area contributed by atoms with Crippen LogP contribution >= 0.6 is 0 Å².